The molecular weight excluding hydrogens is 408 g/mol. The maximum Gasteiger partial charge on any atom is 0.242 e. The first-order chi connectivity index (χ1) is 15.4. The van der Waals surface area contributed by atoms with Crippen LogP contribution < -0.4 is 19.5 Å². The van der Waals surface area contributed by atoms with E-state index < -0.39 is 6.04 Å². The van der Waals surface area contributed by atoms with E-state index >= 15 is 0 Å². The number of amides is 2. The molecule has 1 N–H and O–H groups in total. The van der Waals surface area contributed by atoms with Crippen LogP contribution in [0.25, 0.3) is 0 Å². The Kier molecular flexibility index (Phi) is 9.85. The zero-order valence-corrected chi connectivity index (χ0v) is 19.6. The molecule has 32 heavy (non-hydrogen) atoms. The van der Waals surface area contributed by atoms with Crippen molar-refractivity contribution in [3.8, 4) is 17.2 Å². The molecule has 0 fully saturated rings. The highest BCUT2D eigenvalue weighted by Crippen LogP contribution is 2.28. The van der Waals surface area contributed by atoms with Gasteiger partial charge < -0.3 is 24.4 Å². The molecule has 2 rings (SSSR count). The van der Waals surface area contributed by atoms with Crippen LogP contribution in [0, 0.1) is 0 Å². The van der Waals surface area contributed by atoms with Crippen molar-refractivity contribution in [1.82, 2.24) is 10.2 Å². The van der Waals surface area contributed by atoms with Gasteiger partial charge in [-0.2, -0.15) is 0 Å². The van der Waals surface area contributed by atoms with E-state index in [1.54, 1.807) is 33.2 Å². The number of aryl methyl sites for hydroxylation is 1. The minimum absolute atomic E-state index is 0.0882. The van der Waals surface area contributed by atoms with E-state index in [9.17, 15) is 9.59 Å². The van der Waals surface area contributed by atoms with Crippen LogP contribution in [-0.4, -0.2) is 50.6 Å². The molecule has 0 spiro atoms. The van der Waals surface area contributed by atoms with Gasteiger partial charge in [0, 0.05) is 19.5 Å². The van der Waals surface area contributed by atoms with Gasteiger partial charge in [0.1, 0.15) is 11.8 Å². The van der Waals surface area contributed by atoms with Crippen LogP contribution in [-0.2, 0) is 22.6 Å². The molecule has 0 aliphatic carbocycles. The predicted molar refractivity (Wildman–Crippen MR) is 124 cm³/mol. The fourth-order valence-electron chi connectivity index (χ4n) is 3.34. The van der Waals surface area contributed by atoms with Crippen molar-refractivity contribution in [1.29, 1.82) is 0 Å². The number of hydrogen-bond donors (Lipinski definition) is 1. The Labute approximate surface area is 190 Å². The average molecular weight is 443 g/mol. The number of hydrogen-bond acceptors (Lipinski definition) is 5. The fourth-order valence-corrected chi connectivity index (χ4v) is 3.34. The van der Waals surface area contributed by atoms with Crippen molar-refractivity contribution in [2.24, 2.45) is 0 Å². The topological polar surface area (TPSA) is 77.1 Å². The molecule has 0 saturated heterocycles. The molecule has 2 aromatic rings. The maximum absolute atomic E-state index is 13.2. The van der Waals surface area contributed by atoms with Crippen LogP contribution in [0.15, 0.2) is 42.5 Å². The lowest BCUT2D eigenvalue weighted by Crippen LogP contribution is -2.47. The lowest BCUT2D eigenvalue weighted by Gasteiger charge is -2.29. The Bertz CT molecular complexity index is 882. The molecule has 174 valence electrons. The van der Waals surface area contributed by atoms with Crippen LogP contribution in [0.3, 0.4) is 0 Å². The number of carbonyl (C=O) groups is 2. The van der Waals surface area contributed by atoms with Gasteiger partial charge >= 0.3 is 0 Å². The van der Waals surface area contributed by atoms with Crippen LogP contribution >= 0.6 is 0 Å². The van der Waals surface area contributed by atoms with Crippen molar-refractivity contribution in [2.75, 3.05) is 27.9 Å². The molecule has 2 amide bonds. The van der Waals surface area contributed by atoms with E-state index in [1.807, 2.05) is 49.4 Å². The van der Waals surface area contributed by atoms with Crippen LogP contribution in [0.5, 0.6) is 17.2 Å². The third kappa shape index (κ3) is 6.90. The summed E-state index contributed by atoms with van der Waals surface area (Å²) < 4.78 is 15.8. The molecule has 0 saturated carbocycles. The summed E-state index contributed by atoms with van der Waals surface area (Å²) in [6.45, 7) is 4.69. The molecule has 0 radical (unpaired) electrons. The van der Waals surface area contributed by atoms with Crippen molar-refractivity contribution in [3.63, 3.8) is 0 Å². The second-order valence-corrected chi connectivity index (χ2v) is 7.53. The number of rotatable bonds is 12. The number of nitrogens with one attached hydrogen (secondary N) is 1. The van der Waals surface area contributed by atoms with E-state index in [1.165, 1.54) is 0 Å². The zero-order chi connectivity index (χ0) is 23.5. The van der Waals surface area contributed by atoms with E-state index in [-0.39, 0.29) is 18.2 Å². The minimum atomic E-state index is -0.582. The largest absolute Gasteiger partial charge is 0.497 e. The monoisotopic (exact) mass is 442 g/mol. The van der Waals surface area contributed by atoms with Crippen LogP contribution in [0.1, 0.15) is 37.8 Å². The van der Waals surface area contributed by atoms with Crippen LogP contribution in [0.2, 0.25) is 0 Å². The normalized spacial score (nSPS) is 11.4. The summed E-state index contributed by atoms with van der Waals surface area (Å²) in [5.74, 6) is 1.77. The van der Waals surface area contributed by atoms with E-state index in [0.29, 0.717) is 31.0 Å². The van der Waals surface area contributed by atoms with Gasteiger partial charge in [-0.25, -0.2) is 0 Å². The number of nitrogens with zero attached hydrogens (tertiary/aromatic N) is 1. The first kappa shape index (κ1) is 25.0. The van der Waals surface area contributed by atoms with Gasteiger partial charge in [-0.3, -0.25) is 9.59 Å². The first-order valence-electron chi connectivity index (χ1n) is 10.8. The first-order valence-corrected chi connectivity index (χ1v) is 10.8. The second-order valence-electron chi connectivity index (χ2n) is 7.53. The lowest BCUT2D eigenvalue weighted by atomic mass is 10.1. The molecule has 0 bridgehead atoms. The van der Waals surface area contributed by atoms with Crippen molar-refractivity contribution in [3.05, 3.63) is 53.6 Å². The highest BCUT2D eigenvalue weighted by molar-refractivity contribution is 5.87. The molecule has 2 aromatic carbocycles. The number of ether oxygens (including phenoxy) is 3. The molecule has 0 aromatic heterocycles. The molecule has 7 heteroatoms. The number of benzene rings is 2. The van der Waals surface area contributed by atoms with E-state index in [0.717, 1.165) is 23.3 Å². The number of carbonyl (C=O) groups excluding carboxylic acids is 2. The quantitative estimate of drug-likeness (QED) is 0.544. The maximum atomic E-state index is 13.2. The predicted octanol–water partition coefficient (Wildman–Crippen LogP) is 3.59. The van der Waals surface area contributed by atoms with Crippen molar-refractivity contribution in [2.45, 2.75) is 45.7 Å². The van der Waals surface area contributed by atoms with Crippen molar-refractivity contribution >= 4 is 11.8 Å². The van der Waals surface area contributed by atoms with Gasteiger partial charge in [-0.05, 0) is 55.2 Å². The fraction of sp³-hybridized carbons (Fsp3) is 0.440. The van der Waals surface area contributed by atoms with Gasteiger partial charge in [0.2, 0.25) is 11.8 Å². The zero-order valence-electron chi connectivity index (χ0n) is 19.6. The summed E-state index contributed by atoms with van der Waals surface area (Å²) in [5, 5.41) is 2.89. The molecule has 0 aliphatic rings. The third-order valence-electron chi connectivity index (χ3n) is 5.30. The van der Waals surface area contributed by atoms with Gasteiger partial charge in [0.05, 0.1) is 21.3 Å². The van der Waals surface area contributed by atoms with Gasteiger partial charge in [0.25, 0.3) is 0 Å². The SMILES string of the molecule is CCCNC(=O)C(C)N(Cc1ccc(OC)cc1)C(=O)CCc1ccc(OC)c(OC)c1. The van der Waals surface area contributed by atoms with Crippen LogP contribution in [0.4, 0.5) is 0 Å². The molecule has 0 aliphatic heterocycles. The van der Waals surface area contributed by atoms with Gasteiger partial charge in [-0.15, -0.1) is 0 Å². The Hall–Kier alpha value is -3.22. The standard InChI is InChI=1S/C25H34N2O5/c1-6-15-26-25(29)18(2)27(17-20-7-11-21(30-3)12-8-20)24(28)14-10-19-9-13-22(31-4)23(16-19)32-5/h7-9,11-13,16,18H,6,10,14-15,17H2,1-5H3,(H,26,29). The Morgan fingerprint density at radius 1 is 0.938 bits per heavy atom. The van der Waals surface area contributed by atoms with E-state index in [4.69, 9.17) is 14.2 Å². The highest BCUT2D eigenvalue weighted by Gasteiger charge is 2.25. The Morgan fingerprint density at radius 3 is 2.19 bits per heavy atom. The summed E-state index contributed by atoms with van der Waals surface area (Å²) in [6.07, 6.45) is 1.64. The third-order valence-corrected chi connectivity index (χ3v) is 5.30. The minimum Gasteiger partial charge on any atom is -0.497 e. The Morgan fingerprint density at radius 2 is 1.59 bits per heavy atom. The highest BCUT2D eigenvalue weighted by atomic mass is 16.5. The number of methoxy groups -OCH3 is 3. The average Bonchev–Trinajstić information content (AvgIpc) is 2.83. The summed E-state index contributed by atoms with van der Waals surface area (Å²) in [7, 11) is 4.78. The molecule has 0 heterocycles. The summed E-state index contributed by atoms with van der Waals surface area (Å²) in [5.41, 5.74) is 1.89. The molecule has 1 unspecified atom stereocenters. The molecule has 7 nitrogen and oxygen atoms in total. The Balaban J connectivity index is 2.15. The van der Waals surface area contributed by atoms with E-state index in [2.05, 4.69) is 5.32 Å². The summed E-state index contributed by atoms with van der Waals surface area (Å²) in [6, 6.07) is 12.5. The smallest absolute Gasteiger partial charge is 0.242 e. The summed E-state index contributed by atoms with van der Waals surface area (Å²) >= 11 is 0. The molecular formula is C25H34N2O5. The molecule has 1 atom stereocenters. The van der Waals surface area contributed by atoms with Gasteiger partial charge in [0.15, 0.2) is 11.5 Å². The van der Waals surface area contributed by atoms with Gasteiger partial charge in [-0.1, -0.05) is 25.1 Å². The second kappa shape index (κ2) is 12.6. The van der Waals surface area contributed by atoms with Crippen molar-refractivity contribution < 1.29 is 23.8 Å². The summed E-state index contributed by atoms with van der Waals surface area (Å²) in [4.78, 5) is 27.5. The lowest BCUT2D eigenvalue weighted by molar-refractivity contribution is -0.140.